The van der Waals surface area contributed by atoms with Crippen molar-refractivity contribution < 1.29 is 14.1 Å². The molecule has 3 heterocycles. The Labute approximate surface area is 218 Å². The highest BCUT2D eigenvalue weighted by Gasteiger charge is 2.31. The molecule has 2 aliphatic rings. The monoisotopic (exact) mass is 503 g/mol. The number of aryl methyl sites for hydroxylation is 1. The molecule has 0 bridgehead atoms. The van der Waals surface area contributed by atoms with Crippen molar-refractivity contribution >= 4 is 28.6 Å². The van der Waals surface area contributed by atoms with E-state index < -0.39 is 0 Å². The standard InChI is InChI=1S/C29H37N5O3/c1-19(2)16-26(35)34-13-7-12-32(4)14-15-33(18-22-8-5-6-9-25(22)34)29(36)23-17-24(21-10-11-21)30-28-27(23)20(3)31-37-28/h5-6,8-9,17,19,21H,7,10-16,18H2,1-4H3. The maximum atomic E-state index is 14.2. The number of amides is 2. The van der Waals surface area contributed by atoms with Gasteiger partial charge in [0.15, 0.2) is 0 Å². The van der Waals surface area contributed by atoms with E-state index in [0.29, 0.717) is 54.3 Å². The van der Waals surface area contributed by atoms with Gasteiger partial charge in [-0.3, -0.25) is 9.59 Å². The predicted octanol–water partition coefficient (Wildman–Crippen LogP) is 4.77. The first-order valence-corrected chi connectivity index (χ1v) is 13.4. The number of rotatable bonds is 4. The van der Waals surface area contributed by atoms with Gasteiger partial charge in [0.05, 0.1) is 16.6 Å². The lowest BCUT2D eigenvalue weighted by Gasteiger charge is -2.28. The van der Waals surface area contributed by atoms with Crippen LogP contribution in [0.15, 0.2) is 34.9 Å². The first-order chi connectivity index (χ1) is 17.8. The Hall–Kier alpha value is -3.26. The predicted molar refractivity (Wildman–Crippen MR) is 144 cm³/mol. The third-order valence-electron chi connectivity index (χ3n) is 7.35. The van der Waals surface area contributed by atoms with Gasteiger partial charge in [0.25, 0.3) is 11.6 Å². The lowest BCUT2D eigenvalue weighted by Crippen LogP contribution is -2.37. The van der Waals surface area contributed by atoms with Crippen LogP contribution in [0.3, 0.4) is 0 Å². The van der Waals surface area contributed by atoms with Crippen molar-refractivity contribution in [1.29, 1.82) is 0 Å². The normalized spacial score (nSPS) is 17.6. The van der Waals surface area contributed by atoms with Crippen LogP contribution in [0, 0.1) is 12.8 Å². The van der Waals surface area contributed by atoms with Crippen molar-refractivity contribution in [3.63, 3.8) is 0 Å². The summed E-state index contributed by atoms with van der Waals surface area (Å²) in [4.78, 5) is 38.3. The van der Waals surface area contributed by atoms with Gasteiger partial charge in [-0.15, -0.1) is 0 Å². The van der Waals surface area contributed by atoms with Crippen LogP contribution >= 0.6 is 0 Å². The van der Waals surface area contributed by atoms with Crippen LogP contribution in [0.1, 0.15) is 72.8 Å². The Bertz CT molecular complexity index is 1300. The van der Waals surface area contributed by atoms with Crippen molar-refractivity contribution in [1.82, 2.24) is 19.9 Å². The number of fused-ring (bicyclic) bond motifs is 2. The zero-order chi connectivity index (χ0) is 26.1. The van der Waals surface area contributed by atoms with E-state index in [1.165, 1.54) is 0 Å². The number of likely N-dealkylation sites (N-methyl/N-ethyl adjacent to an activating group) is 1. The number of carbonyl (C=O) groups is 2. The minimum atomic E-state index is -0.0527. The van der Waals surface area contributed by atoms with Gasteiger partial charge in [0, 0.05) is 49.9 Å². The largest absolute Gasteiger partial charge is 0.336 e. The van der Waals surface area contributed by atoms with E-state index in [2.05, 4.69) is 35.9 Å². The SMILES string of the molecule is Cc1noc2nc(C3CC3)cc(C(=O)N3CCN(C)CCCN(C(=O)CC(C)C)c4ccccc4C3)c12. The van der Waals surface area contributed by atoms with Crippen LogP contribution in [-0.2, 0) is 11.3 Å². The van der Waals surface area contributed by atoms with Crippen LogP contribution < -0.4 is 4.90 Å². The van der Waals surface area contributed by atoms with Crippen LogP contribution in [-0.4, -0.2) is 65.0 Å². The number of para-hydroxylation sites is 1. The number of carbonyl (C=O) groups excluding carboxylic acids is 2. The molecule has 8 nitrogen and oxygen atoms in total. The summed E-state index contributed by atoms with van der Waals surface area (Å²) in [7, 11) is 2.08. The average molecular weight is 504 g/mol. The molecule has 0 saturated heterocycles. The highest BCUT2D eigenvalue weighted by Crippen LogP contribution is 2.40. The summed E-state index contributed by atoms with van der Waals surface area (Å²) < 4.78 is 5.50. The average Bonchev–Trinajstić information content (AvgIpc) is 3.66. The molecule has 1 aliphatic carbocycles. The molecule has 0 spiro atoms. The molecule has 0 N–H and O–H groups in total. The van der Waals surface area contributed by atoms with E-state index >= 15 is 0 Å². The Morgan fingerprint density at radius 2 is 1.89 bits per heavy atom. The third kappa shape index (κ3) is 5.54. The van der Waals surface area contributed by atoms with Crippen LogP contribution in [0.25, 0.3) is 11.1 Å². The molecule has 5 rings (SSSR count). The van der Waals surface area contributed by atoms with Gasteiger partial charge in [-0.25, -0.2) is 4.98 Å². The van der Waals surface area contributed by atoms with Gasteiger partial charge in [-0.1, -0.05) is 37.2 Å². The molecule has 0 radical (unpaired) electrons. The molecule has 3 aromatic rings. The topological polar surface area (TPSA) is 82.8 Å². The fourth-order valence-corrected chi connectivity index (χ4v) is 5.15. The lowest BCUT2D eigenvalue weighted by atomic mass is 10.0. The van der Waals surface area contributed by atoms with Crippen molar-refractivity contribution in [3.05, 3.63) is 52.8 Å². The molecule has 2 aromatic heterocycles. The first-order valence-electron chi connectivity index (χ1n) is 13.4. The summed E-state index contributed by atoms with van der Waals surface area (Å²) in [6.07, 6.45) is 3.54. The Kier molecular flexibility index (Phi) is 7.29. The van der Waals surface area contributed by atoms with E-state index in [4.69, 9.17) is 4.52 Å². The van der Waals surface area contributed by atoms with Crippen LogP contribution in [0.2, 0.25) is 0 Å². The molecule has 8 heteroatoms. The van der Waals surface area contributed by atoms with Gasteiger partial charge >= 0.3 is 0 Å². The second-order valence-electron chi connectivity index (χ2n) is 11.0. The van der Waals surface area contributed by atoms with Crippen molar-refractivity contribution in [2.45, 2.75) is 58.9 Å². The summed E-state index contributed by atoms with van der Waals surface area (Å²) in [5.74, 6) is 0.742. The minimum absolute atomic E-state index is 0.0527. The minimum Gasteiger partial charge on any atom is -0.336 e. The van der Waals surface area contributed by atoms with Gasteiger partial charge < -0.3 is 19.2 Å². The highest BCUT2D eigenvalue weighted by atomic mass is 16.5. The number of pyridine rings is 1. The maximum Gasteiger partial charge on any atom is 0.259 e. The van der Waals surface area contributed by atoms with Gasteiger partial charge in [-0.05, 0) is 63.4 Å². The van der Waals surface area contributed by atoms with E-state index in [1.54, 1.807) is 0 Å². The van der Waals surface area contributed by atoms with E-state index in [1.807, 2.05) is 47.1 Å². The fourth-order valence-electron chi connectivity index (χ4n) is 5.15. The molecule has 2 amide bonds. The molecule has 0 unspecified atom stereocenters. The summed E-state index contributed by atoms with van der Waals surface area (Å²) >= 11 is 0. The molecule has 196 valence electrons. The summed E-state index contributed by atoms with van der Waals surface area (Å²) in [6, 6.07) is 9.96. The van der Waals surface area contributed by atoms with E-state index in [0.717, 1.165) is 49.3 Å². The number of aromatic nitrogens is 2. The molecule has 1 aliphatic heterocycles. The number of anilines is 1. The molecule has 37 heavy (non-hydrogen) atoms. The Morgan fingerprint density at radius 1 is 1.11 bits per heavy atom. The zero-order valence-corrected chi connectivity index (χ0v) is 22.4. The van der Waals surface area contributed by atoms with Crippen LogP contribution in [0.5, 0.6) is 0 Å². The van der Waals surface area contributed by atoms with Gasteiger partial charge in [-0.2, -0.15) is 0 Å². The number of hydrogen-bond acceptors (Lipinski definition) is 6. The highest BCUT2D eigenvalue weighted by molar-refractivity contribution is 6.06. The molecular weight excluding hydrogens is 466 g/mol. The number of benzene rings is 1. The van der Waals surface area contributed by atoms with E-state index in [-0.39, 0.29) is 17.7 Å². The Balaban J connectivity index is 1.54. The van der Waals surface area contributed by atoms with E-state index in [9.17, 15) is 9.59 Å². The molecular formula is C29H37N5O3. The van der Waals surface area contributed by atoms with Crippen molar-refractivity contribution in [3.8, 4) is 0 Å². The second-order valence-corrected chi connectivity index (χ2v) is 11.0. The molecule has 0 atom stereocenters. The smallest absolute Gasteiger partial charge is 0.259 e. The first kappa shape index (κ1) is 25.4. The lowest BCUT2D eigenvalue weighted by molar-refractivity contribution is -0.119. The third-order valence-corrected chi connectivity index (χ3v) is 7.35. The maximum absolute atomic E-state index is 14.2. The number of hydrogen-bond donors (Lipinski definition) is 0. The number of nitrogens with zero attached hydrogens (tertiary/aromatic N) is 5. The van der Waals surface area contributed by atoms with Crippen LogP contribution in [0.4, 0.5) is 5.69 Å². The van der Waals surface area contributed by atoms with Gasteiger partial charge in [0.2, 0.25) is 5.91 Å². The summed E-state index contributed by atoms with van der Waals surface area (Å²) in [5, 5.41) is 4.81. The van der Waals surface area contributed by atoms with Gasteiger partial charge in [0.1, 0.15) is 0 Å². The molecule has 1 aromatic carbocycles. The fraction of sp³-hybridized carbons (Fsp3) is 0.517. The second kappa shape index (κ2) is 10.6. The van der Waals surface area contributed by atoms with Crippen molar-refractivity contribution in [2.75, 3.05) is 38.1 Å². The molecule has 1 saturated carbocycles. The van der Waals surface area contributed by atoms with Crippen molar-refractivity contribution in [2.24, 2.45) is 5.92 Å². The molecule has 1 fully saturated rings. The summed E-state index contributed by atoms with van der Waals surface area (Å²) in [6.45, 7) is 9.26. The Morgan fingerprint density at radius 3 is 2.65 bits per heavy atom. The quantitative estimate of drug-likeness (QED) is 0.510. The zero-order valence-electron chi connectivity index (χ0n) is 22.4. The summed E-state index contributed by atoms with van der Waals surface area (Å²) in [5.41, 5.74) is 4.50.